The number of hydrogen-bond acceptors (Lipinski definition) is 4. The number of hydrogen-bond donors (Lipinski definition) is 1. The number of aromatic nitrogens is 1. The van der Waals surface area contributed by atoms with Crippen molar-refractivity contribution in [1.82, 2.24) is 9.88 Å². The van der Waals surface area contributed by atoms with E-state index in [0.717, 1.165) is 72.0 Å². The van der Waals surface area contributed by atoms with Crippen molar-refractivity contribution < 1.29 is 4.42 Å². The Bertz CT molecular complexity index is 3100. The number of para-hydroxylation sites is 1. The van der Waals surface area contributed by atoms with E-state index in [1.54, 1.807) is 0 Å². The molecule has 1 aliphatic rings. The van der Waals surface area contributed by atoms with Crippen LogP contribution in [0.25, 0.3) is 71.0 Å². The molecule has 0 saturated heterocycles. The molecule has 52 heavy (non-hydrogen) atoms. The highest BCUT2D eigenvalue weighted by atomic mass is 16.3. The summed E-state index contributed by atoms with van der Waals surface area (Å²) in [6.07, 6.45) is -0.316. The zero-order valence-corrected chi connectivity index (χ0v) is 28.0. The van der Waals surface area contributed by atoms with Crippen LogP contribution in [0.15, 0.2) is 184 Å². The van der Waals surface area contributed by atoms with E-state index in [1.807, 2.05) is 24.3 Å². The third-order valence-corrected chi connectivity index (χ3v) is 10.4. The molecule has 11 rings (SSSR count). The quantitative estimate of drug-likeness (QED) is 0.203. The topological polar surface area (TPSA) is 54.8 Å². The number of furan rings is 1. The van der Waals surface area contributed by atoms with Crippen molar-refractivity contribution in [2.45, 2.75) is 6.17 Å². The minimum absolute atomic E-state index is 0.316. The van der Waals surface area contributed by atoms with Crippen LogP contribution in [0.3, 0.4) is 0 Å². The molecule has 0 spiro atoms. The number of nitrogens with one attached hydrogen (secondary N) is 1. The van der Waals surface area contributed by atoms with Crippen molar-refractivity contribution in [2.24, 2.45) is 9.98 Å². The third-order valence-electron chi connectivity index (χ3n) is 10.4. The number of rotatable bonds is 4. The van der Waals surface area contributed by atoms with Gasteiger partial charge in [0.05, 0.1) is 16.7 Å². The number of aliphatic imine (C=N–C) groups is 2. The molecule has 2 aromatic heterocycles. The van der Waals surface area contributed by atoms with Crippen molar-refractivity contribution in [3.63, 3.8) is 0 Å². The van der Waals surface area contributed by atoms with Gasteiger partial charge in [-0.3, -0.25) is 0 Å². The fourth-order valence-corrected chi connectivity index (χ4v) is 7.95. The first-order chi connectivity index (χ1) is 25.8. The lowest BCUT2D eigenvalue weighted by Crippen LogP contribution is -2.33. The molecule has 10 aromatic rings. The van der Waals surface area contributed by atoms with Gasteiger partial charge in [-0.25, -0.2) is 9.98 Å². The highest BCUT2D eigenvalue weighted by Gasteiger charge is 2.26. The second-order valence-corrected chi connectivity index (χ2v) is 13.4. The zero-order chi connectivity index (χ0) is 34.2. The monoisotopic (exact) mass is 666 g/mol. The summed E-state index contributed by atoms with van der Waals surface area (Å²) in [7, 11) is 0. The number of amidine groups is 2. The van der Waals surface area contributed by atoms with Gasteiger partial charge in [0.15, 0.2) is 11.4 Å². The van der Waals surface area contributed by atoms with E-state index >= 15 is 0 Å². The average Bonchev–Trinajstić information content (AvgIpc) is 3.74. The van der Waals surface area contributed by atoms with Crippen molar-refractivity contribution >= 4 is 77.0 Å². The molecular weight excluding hydrogens is 637 g/mol. The largest absolute Gasteiger partial charge is 0.454 e. The second-order valence-electron chi connectivity index (χ2n) is 13.4. The Balaban J connectivity index is 1.24. The molecule has 5 heteroatoms. The lowest BCUT2D eigenvalue weighted by molar-refractivity contribution is 0.666. The first-order valence-corrected chi connectivity index (χ1v) is 17.6. The van der Waals surface area contributed by atoms with E-state index in [-0.39, 0.29) is 6.17 Å². The normalized spacial score (nSPS) is 14.7. The first kappa shape index (κ1) is 28.8. The van der Waals surface area contributed by atoms with Crippen LogP contribution in [-0.4, -0.2) is 16.2 Å². The Hall–Kier alpha value is -6.98. The van der Waals surface area contributed by atoms with Crippen LogP contribution in [0, 0.1) is 0 Å². The molecule has 0 fully saturated rings. The number of benzene rings is 8. The van der Waals surface area contributed by atoms with Crippen molar-refractivity contribution in [2.75, 3.05) is 0 Å². The minimum atomic E-state index is -0.316. The van der Waals surface area contributed by atoms with E-state index in [1.165, 1.54) is 21.5 Å². The molecule has 0 bridgehead atoms. The molecule has 3 heterocycles. The van der Waals surface area contributed by atoms with E-state index in [4.69, 9.17) is 14.4 Å². The smallest absolute Gasteiger partial charge is 0.160 e. The lowest BCUT2D eigenvalue weighted by atomic mass is 10.0. The lowest BCUT2D eigenvalue weighted by Gasteiger charge is -2.24. The highest BCUT2D eigenvalue weighted by molar-refractivity contribution is 6.24. The van der Waals surface area contributed by atoms with Crippen molar-refractivity contribution in [3.8, 4) is 5.69 Å². The van der Waals surface area contributed by atoms with Crippen LogP contribution in [0.4, 0.5) is 0 Å². The van der Waals surface area contributed by atoms with Gasteiger partial charge in [-0.15, -0.1) is 0 Å². The van der Waals surface area contributed by atoms with Gasteiger partial charge in [-0.2, -0.15) is 0 Å². The average molecular weight is 667 g/mol. The van der Waals surface area contributed by atoms with Gasteiger partial charge < -0.3 is 14.3 Å². The molecular formula is C47H30N4O. The van der Waals surface area contributed by atoms with Gasteiger partial charge in [0.2, 0.25) is 0 Å². The molecule has 0 radical (unpaired) electrons. The van der Waals surface area contributed by atoms with Gasteiger partial charge in [0.25, 0.3) is 0 Å². The van der Waals surface area contributed by atoms with Crippen LogP contribution in [0.5, 0.6) is 0 Å². The van der Waals surface area contributed by atoms with E-state index < -0.39 is 0 Å². The summed E-state index contributed by atoms with van der Waals surface area (Å²) in [6, 6.07) is 59.7. The molecule has 1 atom stereocenters. The van der Waals surface area contributed by atoms with E-state index in [9.17, 15) is 0 Å². The predicted molar refractivity (Wildman–Crippen MR) is 215 cm³/mol. The molecule has 1 unspecified atom stereocenters. The Labute approximate surface area is 298 Å². The molecule has 8 aromatic carbocycles. The van der Waals surface area contributed by atoms with Crippen molar-refractivity contribution in [3.05, 3.63) is 187 Å². The van der Waals surface area contributed by atoms with Gasteiger partial charge in [-0.05, 0) is 69.6 Å². The third kappa shape index (κ3) is 4.42. The maximum Gasteiger partial charge on any atom is 0.160 e. The van der Waals surface area contributed by atoms with Gasteiger partial charge in [0.1, 0.15) is 17.6 Å². The standard InChI is InChI=1S/C47H30N4O/c1-3-13-29(14-4-1)45-48-46(30-15-5-2-6-16-30)50-47(49-45)36-23-24-40(44-43(36)38-26-32-18-8-10-20-34(32)28-42(38)52-44)51-39-22-12-11-21-35(39)37-25-31-17-7-9-19-33(31)27-41(37)51/h1-28,45H,(H,48,49,50). The summed E-state index contributed by atoms with van der Waals surface area (Å²) in [5.74, 6) is 1.44. The fourth-order valence-electron chi connectivity index (χ4n) is 7.95. The van der Waals surface area contributed by atoms with E-state index in [2.05, 4.69) is 155 Å². The summed E-state index contributed by atoms with van der Waals surface area (Å²) in [5.41, 5.74) is 7.85. The maximum absolute atomic E-state index is 7.02. The maximum atomic E-state index is 7.02. The SMILES string of the molecule is c1ccc(C2=NC(c3ccc(-n4c5ccccc5c5cc6ccccc6cc54)c4oc5cc6ccccc6cc5c34)=NC(c3ccccc3)N2)cc1. The van der Waals surface area contributed by atoms with Crippen LogP contribution in [-0.2, 0) is 0 Å². The van der Waals surface area contributed by atoms with E-state index in [0.29, 0.717) is 5.84 Å². The number of nitrogens with zero attached hydrogens (tertiary/aromatic N) is 3. The van der Waals surface area contributed by atoms with Crippen LogP contribution < -0.4 is 5.32 Å². The van der Waals surface area contributed by atoms with Gasteiger partial charge >= 0.3 is 0 Å². The molecule has 0 amide bonds. The summed E-state index contributed by atoms with van der Waals surface area (Å²) in [4.78, 5) is 10.5. The Morgan fingerprint density at radius 1 is 0.538 bits per heavy atom. The fraction of sp³-hybridized carbons (Fsp3) is 0.0213. The summed E-state index contributed by atoms with van der Waals surface area (Å²) >= 11 is 0. The molecule has 1 N–H and O–H groups in total. The summed E-state index contributed by atoms with van der Waals surface area (Å²) in [5, 5.41) is 12.8. The Kier molecular flexibility index (Phi) is 6.25. The van der Waals surface area contributed by atoms with Gasteiger partial charge in [-0.1, -0.05) is 127 Å². The van der Waals surface area contributed by atoms with Crippen LogP contribution >= 0.6 is 0 Å². The summed E-state index contributed by atoms with van der Waals surface area (Å²) in [6.45, 7) is 0. The number of fused-ring (bicyclic) bond motifs is 8. The first-order valence-electron chi connectivity index (χ1n) is 17.6. The van der Waals surface area contributed by atoms with Crippen LogP contribution in [0.1, 0.15) is 22.9 Å². The second kappa shape index (κ2) is 11.3. The molecule has 244 valence electrons. The summed E-state index contributed by atoms with van der Waals surface area (Å²) < 4.78 is 9.38. The molecule has 5 nitrogen and oxygen atoms in total. The Morgan fingerprint density at radius 2 is 1.17 bits per heavy atom. The van der Waals surface area contributed by atoms with Gasteiger partial charge in [0, 0.05) is 32.7 Å². The molecule has 0 aliphatic carbocycles. The zero-order valence-electron chi connectivity index (χ0n) is 28.0. The Morgan fingerprint density at radius 3 is 1.94 bits per heavy atom. The highest BCUT2D eigenvalue weighted by Crippen LogP contribution is 2.42. The predicted octanol–water partition coefficient (Wildman–Crippen LogP) is 11.5. The van der Waals surface area contributed by atoms with Crippen molar-refractivity contribution in [1.29, 1.82) is 0 Å². The molecule has 0 saturated carbocycles. The minimum Gasteiger partial charge on any atom is -0.454 e. The van der Waals surface area contributed by atoms with Crippen LogP contribution in [0.2, 0.25) is 0 Å². The molecule has 1 aliphatic heterocycles.